The molecule has 0 saturated heterocycles. The van der Waals surface area contributed by atoms with Gasteiger partial charge < -0.3 is 10.6 Å². The Hall–Kier alpha value is -3.23. The van der Waals surface area contributed by atoms with Crippen molar-refractivity contribution in [3.8, 4) is 0 Å². The summed E-state index contributed by atoms with van der Waals surface area (Å²) >= 11 is 0. The number of aryl methyl sites for hydroxylation is 1. The molecule has 9 heteroatoms. The third kappa shape index (κ3) is 5.40. The molecule has 0 unspecified atom stereocenters. The number of carbonyl (C=O) groups is 1. The molecule has 4 rings (SSSR count). The zero-order chi connectivity index (χ0) is 23.8. The van der Waals surface area contributed by atoms with Crippen molar-refractivity contribution >= 4 is 22.5 Å². The van der Waals surface area contributed by atoms with Crippen molar-refractivity contribution in [3.05, 3.63) is 70.9 Å². The van der Waals surface area contributed by atoms with Crippen molar-refractivity contribution in [3.63, 3.8) is 0 Å². The smallest absolute Gasteiger partial charge is 0.382 e. The van der Waals surface area contributed by atoms with E-state index in [1.54, 1.807) is 18.2 Å². The zero-order valence-corrected chi connectivity index (χ0v) is 17.8. The predicted molar refractivity (Wildman–Crippen MR) is 115 cm³/mol. The summed E-state index contributed by atoms with van der Waals surface area (Å²) in [5.74, 6) is -2.22. The third-order valence-electron chi connectivity index (χ3n) is 5.80. The van der Waals surface area contributed by atoms with E-state index in [4.69, 9.17) is 0 Å². The molecule has 1 aromatic heterocycles. The van der Waals surface area contributed by atoms with Gasteiger partial charge in [0.15, 0.2) is 0 Å². The van der Waals surface area contributed by atoms with E-state index in [1.165, 1.54) is 0 Å². The van der Waals surface area contributed by atoms with Crippen LogP contribution in [-0.2, 0) is 6.18 Å². The van der Waals surface area contributed by atoms with E-state index < -0.39 is 29.4 Å². The average molecular weight is 463 g/mol. The van der Waals surface area contributed by atoms with E-state index in [-0.39, 0.29) is 23.2 Å². The molecule has 3 aromatic rings. The topological polar surface area (TPSA) is 54.0 Å². The van der Waals surface area contributed by atoms with Crippen LogP contribution in [0, 0.1) is 18.6 Å². The average Bonchev–Trinajstić information content (AvgIpc) is 2.74. The zero-order valence-electron chi connectivity index (χ0n) is 17.8. The second-order valence-corrected chi connectivity index (χ2v) is 8.40. The number of benzene rings is 2. The number of aromatic nitrogens is 1. The Morgan fingerprint density at radius 1 is 0.939 bits per heavy atom. The Morgan fingerprint density at radius 3 is 2.21 bits per heavy atom. The maximum Gasteiger partial charge on any atom is 0.433 e. The van der Waals surface area contributed by atoms with Gasteiger partial charge in [0.1, 0.15) is 17.3 Å². The summed E-state index contributed by atoms with van der Waals surface area (Å²) in [6, 6.07) is 8.50. The molecular weight excluding hydrogens is 441 g/mol. The van der Waals surface area contributed by atoms with Crippen LogP contribution in [0.4, 0.5) is 27.6 Å². The fourth-order valence-corrected chi connectivity index (χ4v) is 4.16. The number of alkyl halides is 3. The fourth-order valence-electron chi connectivity index (χ4n) is 4.16. The second kappa shape index (κ2) is 8.96. The number of carbonyl (C=O) groups excluding carboxylic acids is 1. The van der Waals surface area contributed by atoms with Crippen molar-refractivity contribution in [1.82, 2.24) is 10.3 Å². The van der Waals surface area contributed by atoms with E-state index in [0.717, 1.165) is 23.8 Å². The summed E-state index contributed by atoms with van der Waals surface area (Å²) in [7, 11) is 0. The standard InChI is InChI=1S/C24H22F5N3O/c1-13-2-7-20-19(8-13)21(12-22(32-20)24(27,28)29)30-17-3-5-18(6-4-17)31-23(33)14-9-15(25)11-16(26)10-14/h2,7-12,17-18H,3-6H2,1H3,(H,30,32)(H,31,33)/t17-,18+. The minimum Gasteiger partial charge on any atom is -0.382 e. The van der Waals surface area contributed by atoms with Crippen LogP contribution in [0.2, 0.25) is 0 Å². The first-order chi connectivity index (χ1) is 15.6. The second-order valence-electron chi connectivity index (χ2n) is 8.40. The maximum absolute atomic E-state index is 13.4. The van der Waals surface area contributed by atoms with Crippen LogP contribution in [0.3, 0.4) is 0 Å². The first-order valence-corrected chi connectivity index (χ1v) is 10.6. The van der Waals surface area contributed by atoms with Gasteiger partial charge in [-0.1, -0.05) is 11.6 Å². The lowest BCUT2D eigenvalue weighted by Crippen LogP contribution is -2.40. The Kier molecular flexibility index (Phi) is 6.23. The Morgan fingerprint density at radius 2 is 1.58 bits per heavy atom. The van der Waals surface area contributed by atoms with Crippen LogP contribution in [0.25, 0.3) is 10.9 Å². The molecule has 1 amide bonds. The van der Waals surface area contributed by atoms with E-state index >= 15 is 0 Å². The molecule has 0 aliphatic heterocycles. The predicted octanol–water partition coefficient (Wildman–Crippen LogP) is 5.99. The molecule has 1 heterocycles. The summed E-state index contributed by atoms with van der Waals surface area (Å²) in [6.45, 7) is 1.86. The summed E-state index contributed by atoms with van der Waals surface area (Å²) in [5, 5.41) is 6.63. The van der Waals surface area contributed by atoms with Crippen molar-refractivity contribution < 1.29 is 26.7 Å². The summed E-state index contributed by atoms with van der Waals surface area (Å²) in [6.07, 6.45) is -2.18. The lowest BCUT2D eigenvalue weighted by molar-refractivity contribution is -0.140. The first-order valence-electron chi connectivity index (χ1n) is 10.6. The number of nitrogens with one attached hydrogen (secondary N) is 2. The Balaban J connectivity index is 1.44. The van der Waals surface area contributed by atoms with Crippen LogP contribution >= 0.6 is 0 Å². The van der Waals surface area contributed by atoms with Gasteiger partial charge in [0, 0.05) is 34.8 Å². The van der Waals surface area contributed by atoms with Gasteiger partial charge in [0.25, 0.3) is 5.91 Å². The number of halogens is 5. The quantitative estimate of drug-likeness (QED) is 0.467. The minimum absolute atomic E-state index is 0.0861. The SMILES string of the molecule is Cc1ccc2nc(C(F)(F)F)cc(N[C@H]3CC[C@@H](NC(=O)c4cc(F)cc(F)c4)CC3)c2c1. The lowest BCUT2D eigenvalue weighted by atomic mass is 9.90. The van der Waals surface area contributed by atoms with Crippen molar-refractivity contribution in [2.45, 2.75) is 50.9 Å². The van der Waals surface area contributed by atoms with Crippen LogP contribution in [-0.4, -0.2) is 23.0 Å². The highest BCUT2D eigenvalue weighted by Crippen LogP contribution is 2.34. The van der Waals surface area contributed by atoms with E-state index in [2.05, 4.69) is 15.6 Å². The number of pyridine rings is 1. The summed E-state index contributed by atoms with van der Waals surface area (Å²) < 4.78 is 66.7. The molecule has 0 spiro atoms. The van der Waals surface area contributed by atoms with Gasteiger partial charge in [-0.2, -0.15) is 13.2 Å². The molecule has 174 valence electrons. The van der Waals surface area contributed by atoms with Gasteiger partial charge in [-0.25, -0.2) is 13.8 Å². The van der Waals surface area contributed by atoms with E-state index in [9.17, 15) is 26.7 Å². The largest absolute Gasteiger partial charge is 0.433 e. The monoisotopic (exact) mass is 463 g/mol. The minimum atomic E-state index is -4.56. The lowest BCUT2D eigenvalue weighted by Gasteiger charge is -2.31. The third-order valence-corrected chi connectivity index (χ3v) is 5.80. The maximum atomic E-state index is 13.4. The molecule has 4 nitrogen and oxygen atoms in total. The number of rotatable bonds is 4. The molecule has 1 aliphatic rings. The van der Waals surface area contributed by atoms with Gasteiger partial charge in [-0.3, -0.25) is 4.79 Å². The first kappa shape index (κ1) is 22.9. The van der Waals surface area contributed by atoms with Crippen LogP contribution in [0.1, 0.15) is 47.3 Å². The number of anilines is 1. The highest BCUT2D eigenvalue weighted by atomic mass is 19.4. The number of hydrogen-bond acceptors (Lipinski definition) is 3. The van der Waals surface area contributed by atoms with Gasteiger partial charge in [0.05, 0.1) is 5.52 Å². The van der Waals surface area contributed by atoms with Gasteiger partial charge in [-0.05, 0) is 62.9 Å². The van der Waals surface area contributed by atoms with E-state index in [0.29, 0.717) is 42.8 Å². The number of amides is 1. The Labute approximate surface area is 187 Å². The molecule has 1 fully saturated rings. The molecule has 0 atom stereocenters. The van der Waals surface area contributed by atoms with Gasteiger partial charge >= 0.3 is 6.18 Å². The van der Waals surface area contributed by atoms with Gasteiger partial charge in [-0.15, -0.1) is 0 Å². The van der Waals surface area contributed by atoms with Crippen LogP contribution in [0.15, 0.2) is 42.5 Å². The van der Waals surface area contributed by atoms with Crippen LogP contribution in [0.5, 0.6) is 0 Å². The molecule has 1 aliphatic carbocycles. The molecule has 2 N–H and O–H groups in total. The van der Waals surface area contributed by atoms with Crippen molar-refractivity contribution in [2.24, 2.45) is 0 Å². The van der Waals surface area contributed by atoms with Crippen molar-refractivity contribution in [2.75, 3.05) is 5.32 Å². The number of nitrogens with zero attached hydrogens (tertiary/aromatic N) is 1. The summed E-state index contributed by atoms with van der Waals surface area (Å²) in [4.78, 5) is 16.1. The molecule has 1 saturated carbocycles. The van der Waals surface area contributed by atoms with Crippen LogP contribution < -0.4 is 10.6 Å². The molecule has 2 aromatic carbocycles. The molecular formula is C24H22F5N3O. The van der Waals surface area contributed by atoms with Gasteiger partial charge in [0.2, 0.25) is 0 Å². The molecule has 33 heavy (non-hydrogen) atoms. The molecule has 0 bridgehead atoms. The highest BCUT2D eigenvalue weighted by Gasteiger charge is 2.34. The highest BCUT2D eigenvalue weighted by molar-refractivity contribution is 5.94. The number of hydrogen-bond donors (Lipinski definition) is 2. The van der Waals surface area contributed by atoms with Crippen molar-refractivity contribution in [1.29, 1.82) is 0 Å². The summed E-state index contributed by atoms with van der Waals surface area (Å²) in [5.41, 5.74) is 0.503. The normalized spacial score (nSPS) is 18.8. The fraction of sp³-hybridized carbons (Fsp3) is 0.333. The molecule has 0 radical (unpaired) electrons. The van der Waals surface area contributed by atoms with E-state index in [1.807, 2.05) is 6.92 Å². The Bertz CT molecular complexity index is 1170. The number of fused-ring (bicyclic) bond motifs is 1.